The van der Waals surface area contributed by atoms with Gasteiger partial charge in [0.05, 0.1) is 11.6 Å². The van der Waals surface area contributed by atoms with Gasteiger partial charge >= 0.3 is 6.09 Å². The first kappa shape index (κ1) is 25.8. The second-order valence-corrected chi connectivity index (χ2v) is 11.4. The van der Waals surface area contributed by atoms with Crippen molar-refractivity contribution < 1.29 is 14.3 Å². The lowest BCUT2D eigenvalue weighted by atomic mass is 9.96. The number of ether oxygens (including phenoxy) is 1. The van der Waals surface area contributed by atoms with Gasteiger partial charge < -0.3 is 15.0 Å². The number of piperazine rings is 1. The number of carbonyl (C=O) groups is 2. The predicted octanol–water partition coefficient (Wildman–Crippen LogP) is 4.69. The van der Waals surface area contributed by atoms with Gasteiger partial charge in [0.15, 0.2) is 0 Å². The summed E-state index contributed by atoms with van der Waals surface area (Å²) in [5.41, 5.74) is 3.33. The molecule has 3 heterocycles. The van der Waals surface area contributed by atoms with Gasteiger partial charge in [0, 0.05) is 45.0 Å². The van der Waals surface area contributed by atoms with Crippen LogP contribution in [0.2, 0.25) is 0 Å². The van der Waals surface area contributed by atoms with Crippen LogP contribution in [0.25, 0.3) is 0 Å². The molecule has 1 unspecified atom stereocenters. The van der Waals surface area contributed by atoms with Crippen LogP contribution < -0.4 is 10.2 Å². The van der Waals surface area contributed by atoms with Gasteiger partial charge in [0.2, 0.25) is 11.9 Å². The first-order valence-corrected chi connectivity index (χ1v) is 14.3. The van der Waals surface area contributed by atoms with E-state index in [-0.39, 0.29) is 24.6 Å². The van der Waals surface area contributed by atoms with E-state index in [9.17, 15) is 9.59 Å². The number of cyclic esters (lactones) is 1. The zero-order chi connectivity index (χ0) is 26.9. The third-order valence-corrected chi connectivity index (χ3v) is 8.47. The summed E-state index contributed by atoms with van der Waals surface area (Å²) < 4.78 is 5.32. The van der Waals surface area contributed by atoms with E-state index in [0.29, 0.717) is 30.3 Å². The lowest BCUT2D eigenvalue weighted by Crippen LogP contribution is -2.49. The molecule has 2 aromatic rings. The van der Waals surface area contributed by atoms with Gasteiger partial charge in [0.25, 0.3) is 0 Å². The van der Waals surface area contributed by atoms with E-state index in [2.05, 4.69) is 53.0 Å². The second-order valence-electron chi connectivity index (χ2n) is 11.4. The average Bonchev–Trinajstić information content (AvgIpc) is 3.90. The van der Waals surface area contributed by atoms with Crippen molar-refractivity contribution in [3.05, 3.63) is 59.8 Å². The number of aromatic nitrogens is 2. The highest BCUT2D eigenvalue weighted by Gasteiger charge is 2.34. The maximum absolute atomic E-state index is 12.4. The number of benzene rings is 1. The molecular formula is C30H38N6O3. The standard InChI is InChI=1S/C30H38N6O3/c1-3-27(37)35-14-12-34(13-15-35)26(16-21-4-5-21)24-10-8-23(9-11-24)20(2)32-29-31-17-25-19-39-30(38)36(28(25)33-29)18-22-6-7-22/h3,8-11,17,20-22,26H,1,4-7,12-16,18-19H2,2H3,(H,31,32,33)/t20-,26?/m0/s1. The molecule has 1 aromatic carbocycles. The first-order chi connectivity index (χ1) is 19.0. The van der Waals surface area contributed by atoms with Crippen molar-refractivity contribution in [2.45, 2.75) is 57.7 Å². The summed E-state index contributed by atoms with van der Waals surface area (Å²) in [6.07, 6.45) is 8.96. The monoisotopic (exact) mass is 530 g/mol. The van der Waals surface area contributed by atoms with Crippen LogP contribution in [0, 0.1) is 11.8 Å². The normalized spacial score (nSPS) is 21.1. The predicted molar refractivity (Wildman–Crippen MR) is 149 cm³/mol. The summed E-state index contributed by atoms with van der Waals surface area (Å²) in [7, 11) is 0. The molecule has 1 N–H and O–H groups in total. The third-order valence-electron chi connectivity index (χ3n) is 8.47. The number of amides is 2. The lowest BCUT2D eigenvalue weighted by molar-refractivity contribution is -0.128. The van der Waals surface area contributed by atoms with Crippen molar-refractivity contribution >= 4 is 23.8 Å². The SMILES string of the molecule is C=CC(=O)N1CCN(C(CC2CC2)c2ccc([C@H](C)Nc3ncc4c(n3)N(CC3CC3)C(=O)OC4)cc2)CC1. The number of fused-ring (bicyclic) bond motifs is 1. The number of anilines is 2. The highest BCUT2D eigenvalue weighted by molar-refractivity contribution is 5.89. The molecular weight excluding hydrogens is 492 g/mol. The molecule has 0 bridgehead atoms. The van der Waals surface area contributed by atoms with Gasteiger partial charge in [-0.1, -0.05) is 43.7 Å². The Morgan fingerprint density at radius 1 is 1.10 bits per heavy atom. The highest BCUT2D eigenvalue weighted by Crippen LogP contribution is 2.41. The van der Waals surface area contributed by atoms with E-state index < -0.39 is 0 Å². The van der Waals surface area contributed by atoms with Gasteiger partial charge in [0.1, 0.15) is 12.4 Å². The largest absolute Gasteiger partial charge is 0.444 e. The van der Waals surface area contributed by atoms with Crippen LogP contribution in [0.5, 0.6) is 0 Å². The number of nitrogens with one attached hydrogen (secondary N) is 1. The fourth-order valence-corrected chi connectivity index (χ4v) is 5.66. The number of hydrogen-bond donors (Lipinski definition) is 1. The molecule has 1 saturated heterocycles. The van der Waals surface area contributed by atoms with E-state index in [1.807, 2.05) is 4.90 Å². The van der Waals surface area contributed by atoms with Gasteiger partial charge in [-0.15, -0.1) is 0 Å². The van der Waals surface area contributed by atoms with Crippen LogP contribution >= 0.6 is 0 Å². The Bertz CT molecular complexity index is 1220. The van der Waals surface area contributed by atoms with Gasteiger partial charge in [-0.25, -0.2) is 9.78 Å². The number of hydrogen-bond acceptors (Lipinski definition) is 7. The lowest BCUT2D eigenvalue weighted by Gasteiger charge is -2.39. The first-order valence-electron chi connectivity index (χ1n) is 14.3. The molecule has 39 heavy (non-hydrogen) atoms. The summed E-state index contributed by atoms with van der Waals surface area (Å²) >= 11 is 0. The van der Waals surface area contributed by atoms with Crippen LogP contribution in [-0.4, -0.2) is 64.5 Å². The van der Waals surface area contributed by atoms with E-state index in [1.165, 1.54) is 30.9 Å². The van der Waals surface area contributed by atoms with Crippen LogP contribution in [-0.2, 0) is 16.1 Å². The van der Waals surface area contributed by atoms with Crippen molar-refractivity contribution in [1.82, 2.24) is 19.8 Å². The molecule has 206 valence electrons. The zero-order valence-corrected chi connectivity index (χ0v) is 22.7. The Morgan fingerprint density at radius 3 is 2.46 bits per heavy atom. The fourth-order valence-electron chi connectivity index (χ4n) is 5.66. The number of rotatable bonds is 10. The molecule has 9 nitrogen and oxygen atoms in total. The Labute approximate surface area is 230 Å². The Morgan fingerprint density at radius 2 is 1.79 bits per heavy atom. The molecule has 2 aliphatic carbocycles. The minimum atomic E-state index is -0.322. The molecule has 9 heteroatoms. The summed E-state index contributed by atoms with van der Waals surface area (Å²) in [5.74, 6) is 2.55. The smallest absolute Gasteiger partial charge is 0.415 e. The van der Waals surface area contributed by atoms with E-state index in [4.69, 9.17) is 9.72 Å². The summed E-state index contributed by atoms with van der Waals surface area (Å²) in [6.45, 7) is 9.88. The minimum Gasteiger partial charge on any atom is -0.444 e. The maximum Gasteiger partial charge on any atom is 0.415 e. The summed E-state index contributed by atoms with van der Waals surface area (Å²) in [6, 6.07) is 9.27. The van der Waals surface area contributed by atoms with Crippen molar-refractivity contribution in [1.29, 1.82) is 0 Å². The van der Waals surface area contributed by atoms with Crippen LogP contribution in [0.15, 0.2) is 43.1 Å². The van der Waals surface area contributed by atoms with Crippen molar-refractivity contribution in [3.63, 3.8) is 0 Å². The Hall–Kier alpha value is -3.46. The molecule has 2 aliphatic heterocycles. The van der Waals surface area contributed by atoms with Gasteiger partial charge in [-0.3, -0.25) is 14.6 Å². The Balaban J connectivity index is 1.13. The second kappa shape index (κ2) is 11.0. The van der Waals surface area contributed by atoms with Crippen molar-refractivity contribution in [2.24, 2.45) is 11.8 Å². The van der Waals surface area contributed by atoms with E-state index >= 15 is 0 Å². The minimum absolute atomic E-state index is 0.000123. The third kappa shape index (κ3) is 5.93. The van der Waals surface area contributed by atoms with Crippen molar-refractivity contribution in [3.8, 4) is 0 Å². The summed E-state index contributed by atoms with van der Waals surface area (Å²) in [4.78, 5) is 39.8. The molecule has 1 aromatic heterocycles. The molecule has 3 fully saturated rings. The quantitative estimate of drug-likeness (QED) is 0.446. The van der Waals surface area contributed by atoms with Gasteiger partial charge in [-0.05, 0) is 55.2 Å². The molecule has 0 radical (unpaired) electrons. The molecule has 0 spiro atoms. The van der Waals surface area contributed by atoms with E-state index in [0.717, 1.165) is 56.1 Å². The maximum atomic E-state index is 12.4. The number of carbonyl (C=O) groups excluding carboxylic acids is 2. The molecule has 2 atom stereocenters. The topological polar surface area (TPSA) is 90.9 Å². The van der Waals surface area contributed by atoms with E-state index in [1.54, 1.807) is 11.1 Å². The highest BCUT2D eigenvalue weighted by atomic mass is 16.6. The van der Waals surface area contributed by atoms with Crippen LogP contribution in [0.3, 0.4) is 0 Å². The molecule has 4 aliphatic rings. The fraction of sp³-hybridized carbons (Fsp3) is 0.533. The average molecular weight is 531 g/mol. The zero-order valence-electron chi connectivity index (χ0n) is 22.7. The van der Waals surface area contributed by atoms with Gasteiger partial charge in [-0.2, -0.15) is 4.98 Å². The Kier molecular flexibility index (Phi) is 7.25. The van der Waals surface area contributed by atoms with Crippen LogP contribution in [0.1, 0.15) is 67.8 Å². The molecule has 2 amide bonds. The van der Waals surface area contributed by atoms with Crippen molar-refractivity contribution in [2.75, 3.05) is 42.9 Å². The van der Waals surface area contributed by atoms with Crippen LogP contribution in [0.4, 0.5) is 16.6 Å². The summed E-state index contributed by atoms with van der Waals surface area (Å²) in [5, 5.41) is 3.43. The molecule has 6 rings (SSSR count). The number of nitrogens with zero attached hydrogens (tertiary/aromatic N) is 5. The molecule has 2 saturated carbocycles.